The number of hydrogen-bond acceptors (Lipinski definition) is 6. The molecule has 0 spiro atoms. The number of rotatable bonds is 4. The third-order valence-electron chi connectivity index (χ3n) is 6.00. The highest BCUT2D eigenvalue weighted by Gasteiger charge is 2.38. The van der Waals surface area contributed by atoms with Gasteiger partial charge in [0.05, 0.1) is 12.6 Å². The van der Waals surface area contributed by atoms with Crippen LogP contribution in [0.2, 0.25) is 5.02 Å². The van der Waals surface area contributed by atoms with E-state index in [1.807, 2.05) is 35.3 Å². The van der Waals surface area contributed by atoms with Crippen LogP contribution >= 0.6 is 23.4 Å². The van der Waals surface area contributed by atoms with E-state index in [9.17, 15) is 14.7 Å². The van der Waals surface area contributed by atoms with E-state index in [0.29, 0.717) is 18.2 Å². The molecule has 3 heterocycles. The zero-order valence-electron chi connectivity index (χ0n) is 17.9. The van der Waals surface area contributed by atoms with E-state index < -0.39 is 17.1 Å². The van der Waals surface area contributed by atoms with Gasteiger partial charge in [-0.15, -0.1) is 11.8 Å². The molecule has 0 bridgehead atoms. The molecule has 5 rings (SSSR count). The molecular weight excluding hydrogens is 462 g/mol. The lowest BCUT2D eigenvalue weighted by atomic mass is 9.94. The van der Waals surface area contributed by atoms with Crippen molar-refractivity contribution in [2.45, 2.75) is 16.7 Å². The molecule has 1 atom stereocenters. The summed E-state index contributed by atoms with van der Waals surface area (Å²) in [5.74, 6) is -0.184. The maximum Gasteiger partial charge on any atom is 0.277 e. The minimum atomic E-state index is -0.591. The Hall–Kier alpha value is -2.94. The molecule has 1 N–H and O–H groups in total. The highest BCUT2D eigenvalue weighted by Crippen LogP contribution is 2.43. The third-order valence-corrected chi connectivity index (χ3v) is 7.36. The number of aromatic nitrogens is 1. The van der Waals surface area contributed by atoms with Crippen LogP contribution in [-0.2, 0) is 10.5 Å². The van der Waals surface area contributed by atoms with Gasteiger partial charge in [-0.05, 0) is 28.8 Å². The third kappa shape index (κ3) is 3.78. The molecule has 1 amide bonds. The lowest BCUT2D eigenvalue weighted by molar-refractivity contribution is 0.0614. The smallest absolute Gasteiger partial charge is 0.277 e. The van der Waals surface area contributed by atoms with Gasteiger partial charge in [-0.3, -0.25) is 19.3 Å². The molecule has 0 saturated heterocycles. The molecule has 33 heavy (non-hydrogen) atoms. The molecule has 1 unspecified atom stereocenters. The largest absolute Gasteiger partial charge is 0.502 e. The number of halogens is 1. The maximum atomic E-state index is 13.2. The van der Waals surface area contributed by atoms with E-state index in [1.165, 1.54) is 11.6 Å². The van der Waals surface area contributed by atoms with Gasteiger partial charge in [-0.25, -0.2) is 0 Å². The van der Waals surface area contributed by atoms with Crippen molar-refractivity contribution in [3.05, 3.63) is 92.4 Å². The van der Waals surface area contributed by atoms with E-state index >= 15 is 0 Å². The standard InChI is InChI=1S/C24H22ClN3O4S/c1-32-11-10-26-14-28(27-9-8-19(29)23(30)22(27)24(26)31)21-17-5-3-2-4-15(17)13-33-20-12-16(25)6-7-18(20)21/h2-9,12,21,30H,10-11,13-14H2,1H3. The molecule has 2 aromatic carbocycles. The van der Waals surface area contributed by atoms with Gasteiger partial charge >= 0.3 is 0 Å². The van der Waals surface area contributed by atoms with Crippen LogP contribution in [0.5, 0.6) is 5.75 Å². The number of pyridine rings is 1. The Kier molecular flexibility index (Phi) is 5.82. The number of benzene rings is 2. The van der Waals surface area contributed by atoms with Crippen LogP contribution in [0, 0.1) is 0 Å². The first-order valence-electron chi connectivity index (χ1n) is 10.5. The van der Waals surface area contributed by atoms with Crippen LogP contribution in [0.15, 0.2) is 64.4 Å². The van der Waals surface area contributed by atoms with Crippen LogP contribution in [0.4, 0.5) is 0 Å². The molecule has 0 fully saturated rings. The van der Waals surface area contributed by atoms with E-state index in [-0.39, 0.29) is 18.4 Å². The molecule has 9 heteroatoms. The van der Waals surface area contributed by atoms with Crippen molar-refractivity contribution in [3.8, 4) is 5.75 Å². The summed E-state index contributed by atoms with van der Waals surface area (Å²) in [5, 5.41) is 13.3. The highest BCUT2D eigenvalue weighted by molar-refractivity contribution is 7.98. The molecule has 2 aliphatic rings. The van der Waals surface area contributed by atoms with Crippen molar-refractivity contribution < 1.29 is 14.6 Å². The predicted molar refractivity (Wildman–Crippen MR) is 128 cm³/mol. The Bertz CT molecular complexity index is 1290. The van der Waals surface area contributed by atoms with Crippen LogP contribution < -0.4 is 10.4 Å². The van der Waals surface area contributed by atoms with Crippen molar-refractivity contribution >= 4 is 29.3 Å². The zero-order valence-corrected chi connectivity index (χ0v) is 19.5. The molecular formula is C24H22ClN3O4S. The number of carbonyl (C=O) groups is 1. The van der Waals surface area contributed by atoms with Gasteiger partial charge < -0.3 is 14.7 Å². The number of amides is 1. The number of hydrogen-bond donors (Lipinski definition) is 1. The van der Waals surface area contributed by atoms with E-state index in [1.54, 1.807) is 34.6 Å². The summed E-state index contributed by atoms with van der Waals surface area (Å²) in [6.45, 7) is 0.912. The molecule has 3 aromatic rings. The number of fused-ring (bicyclic) bond motifs is 3. The number of ether oxygens (including phenoxy) is 1. The van der Waals surface area contributed by atoms with Gasteiger partial charge in [0, 0.05) is 41.6 Å². The van der Waals surface area contributed by atoms with Crippen molar-refractivity contribution in [3.63, 3.8) is 0 Å². The van der Waals surface area contributed by atoms with Gasteiger partial charge in [-0.1, -0.05) is 41.9 Å². The Labute approximate surface area is 200 Å². The normalized spacial score (nSPS) is 17.3. The Morgan fingerprint density at radius 3 is 2.79 bits per heavy atom. The summed E-state index contributed by atoms with van der Waals surface area (Å²) in [7, 11) is 1.57. The number of methoxy groups -OCH3 is 1. The van der Waals surface area contributed by atoms with Crippen LogP contribution in [-0.4, -0.2) is 47.5 Å². The minimum absolute atomic E-state index is 0.0465. The predicted octanol–water partition coefficient (Wildman–Crippen LogP) is 3.60. The summed E-state index contributed by atoms with van der Waals surface area (Å²) >= 11 is 8.04. The van der Waals surface area contributed by atoms with Gasteiger partial charge in [0.15, 0.2) is 11.4 Å². The summed E-state index contributed by atoms with van der Waals surface area (Å²) < 4.78 is 6.81. The highest BCUT2D eigenvalue weighted by atomic mass is 35.5. The van der Waals surface area contributed by atoms with E-state index in [0.717, 1.165) is 21.8 Å². The summed E-state index contributed by atoms with van der Waals surface area (Å²) in [6.07, 6.45) is 1.55. The maximum absolute atomic E-state index is 13.2. The van der Waals surface area contributed by atoms with E-state index in [2.05, 4.69) is 12.1 Å². The minimum Gasteiger partial charge on any atom is -0.502 e. The van der Waals surface area contributed by atoms with Crippen LogP contribution in [0.3, 0.4) is 0 Å². The van der Waals surface area contributed by atoms with Crippen molar-refractivity contribution in [1.29, 1.82) is 0 Å². The van der Waals surface area contributed by atoms with Gasteiger partial charge in [0.1, 0.15) is 6.67 Å². The van der Waals surface area contributed by atoms with Gasteiger partial charge in [0.2, 0.25) is 5.43 Å². The molecule has 0 aliphatic carbocycles. The quantitative estimate of drug-likeness (QED) is 0.611. The van der Waals surface area contributed by atoms with Crippen molar-refractivity contribution in [2.75, 3.05) is 31.9 Å². The van der Waals surface area contributed by atoms with E-state index in [4.69, 9.17) is 16.3 Å². The first kappa shape index (κ1) is 21.9. The average Bonchev–Trinajstić information content (AvgIpc) is 2.97. The fraction of sp³-hybridized carbons (Fsp3) is 0.250. The zero-order chi connectivity index (χ0) is 23.1. The summed E-state index contributed by atoms with van der Waals surface area (Å²) in [6, 6.07) is 15.0. The fourth-order valence-corrected chi connectivity index (χ4v) is 5.77. The first-order valence-corrected chi connectivity index (χ1v) is 11.9. The van der Waals surface area contributed by atoms with Crippen LogP contribution in [0.1, 0.15) is 33.2 Å². The van der Waals surface area contributed by atoms with Crippen molar-refractivity contribution in [1.82, 2.24) is 9.58 Å². The Morgan fingerprint density at radius 2 is 1.97 bits per heavy atom. The Balaban J connectivity index is 1.74. The molecule has 1 aromatic heterocycles. The number of nitrogens with zero attached hydrogens (tertiary/aromatic N) is 3. The second kappa shape index (κ2) is 8.78. The lowest BCUT2D eigenvalue weighted by Crippen LogP contribution is -2.56. The molecule has 0 radical (unpaired) electrons. The van der Waals surface area contributed by atoms with Gasteiger partial charge in [-0.2, -0.15) is 0 Å². The average molecular weight is 484 g/mol. The second-order valence-corrected chi connectivity index (χ2v) is 9.39. The van der Waals surface area contributed by atoms with Crippen LogP contribution in [0.25, 0.3) is 0 Å². The Morgan fingerprint density at radius 1 is 1.15 bits per heavy atom. The molecule has 0 saturated carbocycles. The molecule has 170 valence electrons. The van der Waals surface area contributed by atoms with Crippen molar-refractivity contribution in [2.24, 2.45) is 0 Å². The molecule has 2 aliphatic heterocycles. The van der Waals surface area contributed by atoms with Gasteiger partial charge in [0.25, 0.3) is 5.91 Å². The monoisotopic (exact) mass is 483 g/mol. The summed E-state index contributed by atoms with van der Waals surface area (Å²) in [4.78, 5) is 28.1. The summed E-state index contributed by atoms with van der Waals surface area (Å²) in [5.41, 5.74) is 2.67. The number of carbonyl (C=O) groups excluding carboxylic acids is 1. The number of aromatic hydroxyl groups is 1. The first-order chi connectivity index (χ1) is 16.0. The lowest BCUT2D eigenvalue weighted by Gasteiger charge is -2.44. The number of thioether (sulfide) groups is 1. The SMILES string of the molecule is COCCN1CN(C2c3ccccc3CSc3cc(Cl)ccc32)n2ccc(=O)c(O)c2C1=O. The second-order valence-electron chi connectivity index (χ2n) is 7.94. The fourth-order valence-electron chi connectivity index (χ4n) is 4.40. The molecule has 7 nitrogen and oxygen atoms in total. The topological polar surface area (TPSA) is 75.0 Å².